The van der Waals surface area contributed by atoms with E-state index in [-0.39, 0.29) is 5.75 Å². The van der Waals surface area contributed by atoms with Gasteiger partial charge in [-0.3, -0.25) is 0 Å². The summed E-state index contributed by atoms with van der Waals surface area (Å²) in [5.41, 5.74) is 2.14. The standard InChI is InChI=1S/C16H20N2O5S/c1-7-4-5-11(13(17-7)12-8(2)18-23-9(12)3)22-16-15(21)14(20)10(19)6-24-16/h4-5,10,14-16,19-21H,6H2,1-3H3/t10-,14+,15-,16-/m1/s1. The Labute approximate surface area is 143 Å². The van der Waals surface area contributed by atoms with Crippen molar-refractivity contribution >= 4 is 11.8 Å². The van der Waals surface area contributed by atoms with Gasteiger partial charge in [-0.25, -0.2) is 4.98 Å². The van der Waals surface area contributed by atoms with Crippen molar-refractivity contribution in [2.24, 2.45) is 0 Å². The van der Waals surface area contributed by atoms with Crippen LogP contribution in [0.5, 0.6) is 5.75 Å². The van der Waals surface area contributed by atoms with E-state index in [1.807, 2.05) is 19.9 Å². The maximum absolute atomic E-state index is 10.1. The van der Waals surface area contributed by atoms with Gasteiger partial charge < -0.3 is 24.6 Å². The van der Waals surface area contributed by atoms with E-state index in [2.05, 4.69) is 10.1 Å². The Balaban J connectivity index is 1.95. The zero-order valence-corrected chi connectivity index (χ0v) is 14.4. The van der Waals surface area contributed by atoms with Crippen LogP contribution in [0.25, 0.3) is 11.3 Å². The molecule has 1 aliphatic heterocycles. The maximum Gasteiger partial charge on any atom is 0.173 e. The van der Waals surface area contributed by atoms with Crippen molar-refractivity contribution in [1.82, 2.24) is 10.1 Å². The second kappa shape index (κ2) is 6.72. The highest BCUT2D eigenvalue weighted by atomic mass is 32.2. The quantitative estimate of drug-likeness (QED) is 0.756. The molecule has 8 heteroatoms. The molecule has 0 aromatic carbocycles. The highest BCUT2D eigenvalue weighted by Gasteiger charge is 2.39. The maximum atomic E-state index is 10.1. The van der Waals surface area contributed by atoms with Gasteiger partial charge >= 0.3 is 0 Å². The molecule has 0 bridgehead atoms. The molecule has 0 saturated carbocycles. The van der Waals surface area contributed by atoms with Crippen molar-refractivity contribution in [2.75, 3.05) is 5.75 Å². The first-order valence-electron chi connectivity index (χ1n) is 7.62. The van der Waals surface area contributed by atoms with Crippen molar-refractivity contribution in [2.45, 2.75) is 44.5 Å². The Bertz CT molecular complexity index is 716. The van der Waals surface area contributed by atoms with Crippen LogP contribution in [0.2, 0.25) is 0 Å². The lowest BCUT2D eigenvalue weighted by Gasteiger charge is -2.34. The lowest BCUT2D eigenvalue weighted by molar-refractivity contribution is -0.0785. The van der Waals surface area contributed by atoms with Crippen LogP contribution in [0.3, 0.4) is 0 Å². The van der Waals surface area contributed by atoms with Crippen LogP contribution < -0.4 is 4.74 Å². The Morgan fingerprint density at radius 2 is 1.92 bits per heavy atom. The molecule has 2 aromatic rings. The van der Waals surface area contributed by atoms with E-state index in [9.17, 15) is 15.3 Å². The summed E-state index contributed by atoms with van der Waals surface area (Å²) in [5, 5.41) is 33.6. The molecule has 0 unspecified atom stereocenters. The largest absolute Gasteiger partial charge is 0.475 e. The minimum absolute atomic E-state index is 0.281. The lowest BCUT2D eigenvalue weighted by Crippen LogP contribution is -2.50. The van der Waals surface area contributed by atoms with Crippen LogP contribution in [0.15, 0.2) is 16.7 Å². The summed E-state index contributed by atoms with van der Waals surface area (Å²) >= 11 is 1.25. The van der Waals surface area contributed by atoms with Crippen molar-refractivity contribution in [1.29, 1.82) is 0 Å². The fourth-order valence-electron chi connectivity index (χ4n) is 2.65. The average molecular weight is 352 g/mol. The van der Waals surface area contributed by atoms with Gasteiger partial charge in [0.25, 0.3) is 0 Å². The number of hydrogen-bond donors (Lipinski definition) is 3. The van der Waals surface area contributed by atoms with Gasteiger partial charge in [0.05, 0.1) is 17.4 Å². The van der Waals surface area contributed by atoms with Crippen molar-refractivity contribution in [3.05, 3.63) is 29.3 Å². The van der Waals surface area contributed by atoms with Crippen LogP contribution in [-0.2, 0) is 0 Å². The van der Waals surface area contributed by atoms with Crippen molar-refractivity contribution in [3.63, 3.8) is 0 Å². The zero-order valence-electron chi connectivity index (χ0n) is 13.6. The van der Waals surface area contributed by atoms with E-state index in [0.717, 1.165) is 11.3 Å². The molecule has 2 aromatic heterocycles. The van der Waals surface area contributed by atoms with E-state index in [4.69, 9.17) is 9.26 Å². The van der Waals surface area contributed by atoms with Gasteiger partial charge in [-0.2, -0.15) is 0 Å². The summed E-state index contributed by atoms with van der Waals surface area (Å²) in [6.45, 7) is 5.49. The van der Waals surface area contributed by atoms with Crippen LogP contribution in [0, 0.1) is 20.8 Å². The predicted octanol–water partition coefficient (Wildman–Crippen LogP) is 1.20. The third-order valence-electron chi connectivity index (χ3n) is 3.96. The summed E-state index contributed by atoms with van der Waals surface area (Å²) in [6.07, 6.45) is -3.40. The molecule has 4 atom stereocenters. The normalized spacial score (nSPS) is 27.2. The minimum Gasteiger partial charge on any atom is -0.475 e. The zero-order chi connectivity index (χ0) is 17.4. The summed E-state index contributed by atoms with van der Waals surface area (Å²) in [7, 11) is 0. The number of thioether (sulfide) groups is 1. The highest BCUT2D eigenvalue weighted by molar-refractivity contribution is 7.99. The Kier molecular flexibility index (Phi) is 4.82. The minimum atomic E-state index is -1.24. The fraction of sp³-hybridized carbons (Fsp3) is 0.500. The Morgan fingerprint density at radius 3 is 2.58 bits per heavy atom. The smallest absolute Gasteiger partial charge is 0.173 e. The first-order valence-corrected chi connectivity index (χ1v) is 8.66. The number of ether oxygens (including phenoxy) is 1. The molecule has 1 fully saturated rings. The topological polar surface area (TPSA) is 109 Å². The molecule has 24 heavy (non-hydrogen) atoms. The average Bonchev–Trinajstić information content (AvgIpc) is 2.88. The van der Waals surface area contributed by atoms with Crippen molar-refractivity contribution < 1.29 is 24.6 Å². The second-order valence-electron chi connectivity index (χ2n) is 5.87. The number of rotatable bonds is 3. The molecule has 0 aliphatic carbocycles. The van der Waals surface area contributed by atoms with E-state index >= 15 is 0 Å². The molecular formula is C16H20N2O5S. The highest BCUT2D eigenvalue weighted by Crippen LogP contribution is 2.36. The summed E-state index contributed by atoms with van der Waals surface area (Å²) in [5.74, 6) is 1.38. The molecule has 3 heterocycles. The number of aliphatic hydroxyl groups excluding tert-OH is 3. The number of aryl methyl sites for hydroxylation is 3. The number of nitrogens with zero attached hydrogens (tertiary/aromatic N) is 2. The van der Waals surface area contributed by atoms with Gasteiger partial charge in [-0.1, -0.05) is 5.16 Å². The first-order chi connectivity index (χ1) is 11.4. The number of hydrogen-bond acceptors (Lipinski definition) is 8. The fourth-order valence-corrected chi connectivity index (χ4v) is 3.76. The number of aromatic nitrogens is 2. The third-order valence-corrected chi connectivity index (χ3v) is 5.20. The SMILES string of the molecule is Cc1ccc(O[C@@H]2SC[C@@H](O)[C@H](O)[C@H]2O)c(-c2c(C)noc2C)n1. The molecule has 0 radical (unpaired) electrons. The number of pyridine rings is 1. The molecule has 1 saturated heterocycles. The molecular weight excluding hydrogens is 332 g/mol. The summed E-state index contributed by atoms with van der Waals surface area (Å²) in [4.78, 5) is 4.53. The van der Waals surface area contributed by atoms with Crippen LogP contribution in [0.1, 0.15) is 17.1 Å². The van der Waals surface area contributed by atoms with E-state index in [0.29, 0.717) is 22.9 Å². The van der Waals surface area contributed by atoms with Gasteiger partial charge in [0.2, 0.25) is 0 Å². The summed E-state index contributed by atoms with van der Waals surface area (Å²) in [6, 6.07) is 3.58. The van der Waals surface area contributed by atoms with Gasteiger partial charge in [-0.15, -0.1) is 11.8 Å². The van der Waals surface area contributed by atoms with Crippen molar-refractivity contribution in [3.8, 4) is 17.0 Å². The molecule has 7 nitrogen and oxygen atoms in total. The van der Waals surface area contributed by atoms with Gasteiger partial charge in [0.15, 0.2) is 5.44 Å². The summed E-state index contributed by atoms with van der Waals surface area (Å²) < 4.78 is 11.1. The predicted molar refractivity (Wildman–Crippen MR) is 88.8 cm³/mol. The molecule has 3 N–H and O–H groups in total. The lowest BCUT2D eigenvalue weighted by atomic mass is 10.1. The third kappa shape index (κ3) is 3.14. The molecule has 1 aliphatic rings. The monoisotopic (exact) mass is 352 g/mol. The van der Waals surface area contributed by atoms with E-state index < -0.39 is 23.7 Å². The van der Waals surface area contributed by atoms with Crippen LogP contribution in [0.4, 0.5) is 0 Å². The molecule has 130 valence electrons. The van der Waals surface area contributed by atoms with E-state index in [1.165, 1.54) is 11.8 Å². The van der Waals surface area contributed by atoms with Gasteiger partial charge in [-0.05, 0) is 32.9 Å². The first kappa shape index (κ1) is 17.2. The van der Waals surface area contributed by atoms with Gasteiger partial charge in [0.1, 0.15) is 29.4 Å². The number of aliphatic hydroxyl groups is 3. The Hall–Kier alpha value is -1.61. The molecule has 0 spiro atoms. The van der Waals surface area contributed by atoms with Crippen LogP contribution in [-0.4, -0.2) is 55.0 Å². The molecule has 0 amide bonds. The van der Waals surface area contributed by atoms with Gasteiger partial charge in [0, 0.05) is 11.4 Å². The van der Waals surface area contributed by atoms with Crippen LogP contribution >= 0.6 is 11.8 Å². The second-order valence-corrected chi connectivity index (χ2v) is 7.00. The molecule has 3 rings (SSSR count). The Morgan fingerprint density at radius 1 is 1.17 bits per heavy atom. The van der Waals surface area contributed by atoms with E-state index in [1.54, 1.807) is 13.0 Å².